The van der Waals surface area contributed by atoms with Crippen molar-refractivity contribution in [3.63, 3.8) is 0 Å². The summed E-state index contributed by atoms with van der Waals surface area (Å²) in [6, 6.07) is 5.10. The molecule has 0 aliphatic carbocycles. The zero-order chi connectivity index (χ0) is 15.5. The minimum Gasteiger partial charge on any atom is -0.444 e. The highest BCUT2D eigenvalue weighted by Crippen LogP contribution is 2.31. The molecule has 2 rings (SSSR count). The van der Waals surface area contributed by atoms with E-state index in [4.69, 9.17) is 4.74 Å². The molecule has 1 fully saturated rings. The largest absolute Gasteiger partial charge is 0.444 e. The molecule has 1 saturated heterocycles. The van der Waals surface area contributed by atoms with E-state index in [0.717, 1.165) is 13.0 Å². The Morgan fingerprint density at radius 2 is 2.33 bits per heavy atom. The molecule has 1 aromatic rings. The third-order valence-electron chi connectivity index (χ3n) is 3.76. The summed E-state index contributed by atoms with van der Waals surface area (Å²) in [5.74, 6) is 0. The van der Waals surface area contributed by atoms with Gasteiger partial charge in [0, 0.05) is 23.5 Å². The molecule has 1 aliphatic rings. The van der Waals surface area contributed by atoms with Crippen molar-refractivity contribution < 1.29 is 9.53 Å². The van der Waals surface area contributed by atoms with E-state index in [1.165, 1.54) is 11.3 Å². The van der Waals surface area contributed by atoms with Crippen molar-refractivity contribution in [1.29, 1.82) is 0 Å². The van der Waals surface area contributed by atoms with Crippen LogP contribution >= 0.6 is 11.3 Å². The quantitative estimate of drug-likeness (QED) is 0.919. The lowest BCUT2D eigenvalue weighted by Gasteiger charge is -2.30. The molecule has 2 unspecified atom stereocenters. The van der Waals surface area contributed by atoms with E-state index in [9.17, 15) is 4.79 Å². The Morgan fingerprint density at radius 1 is 1.57 bits per heavy atom. The van der Waals surface area contributed by atoms with Gasteiger partial charge < -0.3 is 10.1 Å². The van der Waals surface area contributed by atoms with E-state index in [1.807, 2.05) is 20.8 Å². The second-order valence-corrected chi connectivity index (χ2v) is 7.59. The third kappa shape index (κ3) is 4.71. The van der Waals surface area contributed by atoms with Crippen molar-refractivity contribution in [2.75, 3.05) is 13.1 Å². The fourth-order valence-corrected chi connectivity index (χ4v) is 3.60. The van der Waals surface area contributed by atoms with E-state index < -0.39 is 5.60 Å². The van der Waals surface area contributed by atoms with Gasteiger partial charge in [-0.1, -0.05) is 6.07 Å². The number of ether oxygens (including phenoxy) is 1. The number of alkyl carbamates (subject to hydrolysis) is 1. The van der Waals surface area contributed by atoms with Crippen LogP contribution in [0.1, 0.15) is 51.5 Å². The molecular weight excluding hydrogens is 284 g/mol. The number of amides is 1. The molecule has 1 aromatic heterocycles. The minimum atomic E-state index is -0.441. The van der Waals surface area contributed by atoms with Crippen molar-refractivity contribution in [1.82, 2.24) is 10.2 Å². The van der Waals surface area contributed by atoms with E-state index in [2.05, 4.69) is 34.7 Å². The zero-order valence-corrected chi connectivity index (χ0v) is 14.2. The van der Waals surface area contributed by atoms with Crippen molar-refractivity contribution in [2.24, 2.45) is 0 Å². The molecule has 2 heterocycles. The first-order valence-corrected chi connectivity index (χ1v) is 8.51. The van der Waals surface area contributed by atoms with Gasteiger partial charge in [0.1, 0.15) is 5.60 Å². The summed E-state index contributed by atoms with van der Waals surface area (Å²) in [5, 5.41) is 5.03. The molecule has 1 aliphatic heterocycles. The van der Waals surface area contributed by atoms with Crippen LogP contribution in [0, 0.1) is 0 Å². The van der Waals surface area contributed by atoms with Gasteiger partial charge in [-0.3, -0.25) is 4.90 Å². The first-order valence-electron chi connectivity index (χ1n) is 7.63. The van der Waals surface area contributed by atoms with Gasteiger partial charge >= 0.3 is 6.09 Å². The van der Waals surface area contributed by atoms with Crippen molar-refractivity contribution in [3.8, 4) is 0 Å². The maximum atomic E-state index is 11.8. The summed E-state index contributed by atoms with van der Waals surface area (Å²) in [7, 11) is 0. The van der Waals surface area contributed by atoms with Crippen molar-refractivity contribution in [3.05, 3.63) is 22.4 Å². The van der Waals surface area contributed by atoms with E-state index in [-0.39, 0.29) is 6.09 Å². The lowest BCUT2D eigenvalue weighted by molar-refractivity contribution is 0.0508. The summed E-state index contributed by atoms with van der Waals surface area (Å²) < 4.78 is 5.30. The summed E-state index contributed by atoms with van der Waals surface area (Å²) >= 11 is 1.80. The maximum absolute atomic E-state index is 11.8. The van der Waals surface area contributed by atoms with E-state index in [0.29, 0.717) is 18.6 Å². The Bertz CT molecular complexity index is 453. The molecule has 21 heavy (non-hydrogen) atoms. The molecule has 0 spiro atoms. The first kappa shape index (κ1) is 16.3. The Balaban J connectivity index is 1.86. The number of carbonyl (C=O) groups is 1. The molecule has 0 aromatic carbocycles. The monoisotopic (exact) mass is 310 g/mol. The van der Waals surface area contributed by atoms with Crippen LogP contribution in [0.15, 0.2) is 17.5 Å². The van der Waals surface area contributed by atoms with Crippen LogP contribution in [0.5, 0.6) is 0 Å². The number of nitrogens with one attached hydrogen (secondary N) is 1. The first-order chi connectivity index (χ1) is 9.87. The summed E-state index contributed by atoms with van der Waals surface area (Å²) in [4.78, 5) is 15.6. The number of carbonyl (C=O) groups excluding carboxylic acids is 1. The average Bonchev–Trinajstić information content (AvgIpc) is 3.05. The Hall–Kier alpha value is -1.07. The summed E-state index contributed by atoms with van der Waals surface area (Å²) in [6.45, 7) is 9.65. The Labute approximate surface area is 131 Å². The topological polar surface area (TPSA) is 41.6 Å². The van der Waals surface area contributed by atoms with Crippen molar-refractivity contribution >= 4 is 17.4 Å². The molecule has 0 saturated carbocycles. The lowest BCUT2D eigenvalue weighted by atomic mass is 10.1. The number of nitrogens with zero attached hydrogens (tertiary/aromatic N) is 1. The number of hydrogen-bond donors (Lipinski definition) is 1. The normalized spacial score (nSPS) is 21.2. The van der Waals surface area contributed by atoms with E-state index >= 15 is 0 Å². The van der Waals surface area contributed by atoms with Crippen LogP contribution in [0.2, 0.25) is 0 Å². The van der Waals surface area contributed by atoms with Crippen LogP contribution in [0.4, 0.5) is 4.79 Å². The molecule has 4 nitrogen and oxygen atoms in total. The fraction of sp³-hybridized carbons (Fsp3) is 0.688. The Morgan fingerprint density at radius 3 is 2.95 bits per heavy atom. The Kier molecular flexibility index (Phi) is 5.27. The highest BCUT2D eigenvalue weighted by Gasteiger charge is 2.30. The average molecular weight is 310 g/mol. The number of hydrogen-bond acceptors (Lipinski definition) is 4. The number of thiophene rings is 1. The third-order valence-corrected chi connectivity index (χ3v) is 4.80. The fourth-order valence-electron chi connectivity index (χ4n) is 2.79. The van der Waals surface area contributed by atoms with Crippen LogP contribution in [0.25, 0.3) is 0 Å². The maximum Gasteiger partial charge on any atom is 0.407 e. The lowest BCUT2D eigenvalue weighted by Crippen LogP contribution is -2.42. The molecule has 0 radical (unpaired) electrons. The molecule has 1 N–H and O–H groups in total. The van der Waals surface area contributed by atoms with Gasteiger partial charge in [0.15, 0.2) is 0 Å². The van der Waals surface area contributed by atoms with Crippen LogP contribution in [-0.4, -0.2) is 35.7 Å². The minimum absolute atomic E-state index is 0.321. The second kappa shape index (κ2) is 6.79. The molecule has 0 bridgehead atoms. The predicted octanol–water partition coefficient (Wildman–Crippen LogP) is 3.80. The summed E-state index contributed by atoms with van der Waals surface area (Å²) in [6.07, 6.45) is 2.00. The van der Waals surface area contributed by atoms with Crippen LogP contribution < -0.4 is 5.32 Å². The van der Waals surface area contributed by atoms with E-state index in [1.54, 1.807) is 11.3 Å². The summed E-state index contributed by atoms with van der Waals surface area (Å²) in [5.41, 5.74) is -0.441. The standard InChI is InChI=1S/C16H26N2O2S/c1-12(14-8-6-10-21-14)18-9-5-7-13(18)11-17-15(19)20-16(2,3)4/h6,8,10,12-13H,5,7,9,11H2,1-4H3,(H,17,19). The van der Waals surface area contributed by atoms with Crippen LogP contribution in [0.3, 0.4) is 0 Å². The van der Waals surface area contributed by atoms with Gasteiger partial charge in [-0.25, -0.2) is 4.79 Å². The van der Waals surface area contributed by atoms with Crippen LogP contribution in [-0.2, 0) is 4.74 Å². The van der Waals surface area contributed by atoms with Gasteiger partial charge in [-0.15, -0.1) is 11.3 Å². The molecule has 118 valence electrons. The highest BCUT2D eigenvalue weighted by atomic mass is 32.1. The van der Waals surface area contributed by atoms with Gasteiger partial charge in [0.05, 0.1) is 0 Å². The SMILES string of the molecule is CC(c1cccs1)N1CCCC1CNC(=O)OC(C)(C)C. The molecule has 5 heteroatoms. The molecule has 1 amide bonds. The van der Waals surface area contributed by atoms with Gasteiger partial charge in [-0.2, -0.15) is 0 Å². The number of likely N-dealkylation sites (tertiary alicyclic amines) is 1. The van der Waals surface area contributed by atoms with Crippen molar-refractivity contribution in [2.45, 2.75) is 58.2 Å². The van der Waals surface area contributed by atoms with Gasteiger partial charge in [0.25, 0.3) is 0 Å². The zero-order valence-electron chi connectivity index (χ0n) is 13.4. The van der Waals surface area contributed by atoms with Gasteiger partial charge in [-0.05, 0) is 58.5 Å². The molecule has 2 atom stereocenters. The number of rotatable bonds is 4. The smallest absolute Gasteiger partial charge is 0.407 e. The highest BCUT2D eigenvalue weighted by molar-refractivity contribution is 7.10. The second-order valence-electron chi connectivity index (χ2n) is 6.61. The molecular formula is C16H26N2O2S. The van der Waals surface area contributed by atoms with Gasteiger partial charge in [0.2, 0.25) is 0 Å². The predicted molar refractivity (Wildman–Crippen MR) is 86.7 cm³/mol.